The second-order valence-corrected chi connectivity index (χ2v) is 21.2. The molecule has 1 amide bonds. The van der Waals surface area contributed by atoms with E-state index in [1.54, 1.807) is 0 Å². The maximum Gasteiger partial charge on any atom is 0.261 e. The van der Waals surface area contributed by atoms with E-state index in [0.29, 0.717) is 18.0 Å². The second kappa shape index (κ2) is 12.4. The molecule has 3 rings (SSSR count). The molecule has 0 atom stereocenters. The summed E-state index contributed by atoms with van der Waals surface area (Å²) in [6.45, 7) is 18.0. The molecule has 2 aromatic carbocycles. The highest BCUT2D eigenvalue weighted by Gasteiger charge is 2.51. The average Bonchev–Trinajstić information content (AvgIpc) is 3.38. The van der Waals surface area contributed by atoms with E-state index in [4.69, 9.17) is 4.43 Å². The number of sulfone groups is 1. The van der Waals surface area contributed by atoms with E-state index in [2.05, 4.69) is 98.7 Å². The third-order valence-electron chi connectivity index (χ3n) is 7.58. The fraction of sp³-hybridized carbons (Fsp3) is 0.516. The van der Waals surface area contributed by atoms with Gasteiger partial charge >= 0.3 is 0 Å². The molecule has 1 heterocycles. The van der Waals surface area contributed by atoms with Crippen molar-refractivity contribution >= 4 is 50.9 Å². The zero-order valence-electron chi connectivity index (χ0n) is 25.8. The third kappa shape index (κ3) is 7.16. The molecule has 0 saturated heterocycles. The number of amides is 1. The Hall–Kier alpha value is -2.40. The van der Waals surface area contributed by atoms with Crippen LogP contribution in [0.5, 0.6) is 0 Å². The highest BCUT2D eigenvalue weighted by atomic mass is 32.2. The fourth-order valence-corrected chi connectivity index (χ4v) is 11.9. The summed E-state index contributed by atoms with van der Waals surface area (Å²) in [6.07, 6.45) is 0.502. The van der Waals surface area contributed by atoms with Gasteiger partial charge in [0, 0.05) is 12.0 Å². The highest BCUT2D eigenvalue weighted by Crippen LogP contribution is 2.39. The van der Waals surface area contributed by atoms with Gasteiger partial charge in [-0.3, -0.25) is 10.1 Å². The third-order valence-corrected chi connectivity index (χ3v) is 16.3. The summed E-state index contributed by atoms with van der Waals surface area (Å²) in [5.74, 6) is -0.424. The number of hydrogen-bond donors (Lipinski definition) is 1. The first kappa shape index (κ1) is 33.1. The molecule has 0 unspecified atom stereocenters. The van der Waals surface area contributed by atoms with Gasteiger partial charge in [0.05, 0.1) is 5.75 Å². The fourth-order valence-electron chi connectivity index (χ4n) is 4.69. The van der Waals surface area contributed by atoms with Crippen molar-refractivity contribution in [2.75, 3.05) is 17.7 Å². The Bertz CT molecular complexity index is 1370. The molecule has 224 valence electrons. The van der Waals surface area contributed by atoms with Crippen molar-refractivity contribution < 1.29 is 17.6 Å². The topological polar surface area (TPSA) is 98.2 Å². The van der Waals surface area contributed by atoms with Gasteiger partial charge in [-0.1, -0.05) is 120 Å². The molecule has 0 radical (unpaired) electrons. The second-order valence-electron chi connectivity index (χ2n) is 13.2. The SMILES string of the molecule is CC(C)CCS(=O)(=O)C(C)(C)C(=O)Nc1nnc(C(C)(C)CO[Si](c2ccccc2)(c2ccccc2)C(C)(C)C)s1. The summed E-state index contributed by atoms with van der Waals surface area (Å²) in [4.78, 5) is 13.1. The van der Waals surface area contributed by atoms with Crippen LogP contribution in [0, 0.1) is 5.92 Å². The molecule has 0 spiro atoms. The summed E-state index contributed by atoms with van der Waals surface area (Å²) < 4.78 is 31.4. The van der Waals surface area contributed by atoms with E-state index >= 15 is 0 Å². The Labute approximate surface area is 251 Å². The number of rotatable bonds is 12. The summed E-state index contributed by atoms with van der Waals surface area (Å²) >= 11 is 1.25. The van der Waals surface area contributed by atoms with Crippen LogP contribution in [0.25, 0.3) is 0 Å². The van der Waals surface area contributed by atoms with Crippen molar-refractivity contribution in [3.8, 4) is 0 Å². The first-order valence-corrected chi connectivity index (χ1v) is 18.4. The van der Waals surface area contributed by atoms with Crippen molar-refractivity contribution in [3.05, 3.63) is 65.7 Å². The first-order valence-electron chi connectivity index (χ1n) is 14.1. The van der Waals surface area contributed by atoms with Crippen LogP contribution in [0.15, 0.2) is 60.7 Å². The normalized spacial score (nSPS) is 13.4. The summed E-state index contributed by atoms with van der Waals surface area (Å²) in [7, 11) is -6.41. The Morgan fingerprint density at radius 2 is 1.41 bits per heavy atom. The van der Waals surface area contributed by atoms with Crippen molar-refractivity contribution in [3.63, 3.8) is 0 Å². The molecule has 1 N–H and O–H groups in total. The monoisotopic (exact) mass is 615 g/mol. The lowest BCUT2D eigenvalue weighted by Crippen LogP contribution is -2.67. The molecule has 7 nitrogen and oxygen atoms in total. The Morgan fingerprint density at radius 1 is 0.902 bits per heavy atom. The number of anilines is 1. The van der Waals surface area contributed by atoms with Gasteiger partial charge in [0.25, 0.3) is 8.32 Å². The van der Waals surface area contributed by atoms with Gasteiger partial charge in [-0.25, -0.2) is 8.42 Å². The van der Waals surface area contributed by atoms with E-state index in [0.717, 1.165) is 0 Å². The summed E-state index contributed by atoms with van der Waals surface area (Å²) in [6, 6.07) is 20.9. The lowest BCUT2D eigenvalue weighted by molar-refractivity contribution is -0.117. The molecule has 0 bridgehead atoms. The molecule has 0 saturated carbocycles. The van der Waals surface area contributed by atoms with Crippen LogP contribution in [0.3, 0.4) is 0 Å². The van der Waals surface area contributed by atoms with Crippen LogP contribution in [-0.4, -0.2) is 49.9 Å². The van der Waals surface area contributed by atoms with Gasteiger partial charge in [0.2, 0.25) is 11.0 Å². The van der Waals surface area contributed by atoms with Gasteiger partial charge < -0.3 is 4.43 Å². The Morgan fingerprint density at radius 3 is 1.88 bits per heavy atom. The van der Waals surface area contributed by atoms with E-state index in [1.807, 2.05) is 26.0 Å². The first-order chi connectivity index (χ1) is 18.9. The summed E-state index contributed by atoms with van der Waals surface area (Å²) in [5.41, 5.74) is -0.521. The highest BCUT2D eigenvalue weighted by molar-refractivity contribution is 7.93. The number of hydrogen-bond acceptors (Lipinski definition) is 7. The standard InChI is InChI=1S/C31H45N3O4S2Si/c1-23(2)20-21-40(36,37)31(8,9)26(35)32-28-34-33-27(39-28)30(6,7)22-38-41(29(3,4)5,24-16-12-10-13-17-24)25-18-14-11-15-19-25/h10-19,23H,20-22H2,1-9H3,(H,32,34,35). The maximum absolute atomic E-state index is 13.1. The lowest BCUT2D eigenvalue weighted by atomic mass is 9.96. The molecule has 41 heavy (non-hydrogen) atoms. The zero-order chi connectivity index (χ0) is 30.7. The molecule has 0 fully saturated rings. The number of carbonyl (C=O) groups is 1. The molecule has 1 aromatic heterocycles. The smallest absolute Gasteiger partial charge is 0.261 e. The van der Waals surface area contributed by atoms with E-state index in [9.17, 15) is 13.2 Å². The van der Waals surface area contributed by atoms with Gasteiger partial charge in [-0.05, 0) is 41.6 Å². The molecular weight excluding hydrogens is 571 g/mol. The van der Waals surface area contributed by atoms with Crippen molar-refractivity contribution in [2.45, 2.75) is 83.9 Å². The van der Waals surface area contributed by atoms with Crippen LogP contribution in [-0.2, 0) is 24.5 Å². The van der Waals surface area contributed by atoms with Crippen LogP contribution >= 0.6 is 11.3 Å². The average molecular weight is 616 g/mol. The number of aromatic nitrogens is 2. The maximum atomic E-state index is 13.1. The van der Waals surface area contributed by atoms with Crippen LogP contribution in [0.1, 0.15) is 73.7 Å². The predicted molar refractivity (Wildman–Crippen MR) is 172 cm³/mol. The van der Waals surface area contributed by atoms with E-state index in [1.165, 1.54) is 35.6 Å². The van der Waals surface area contributed by atoms with Gasteiger partial charge in [-0.2, -0.15) is 0 Å². The zero-order valence-corrected chi connectivity index (χ0v) is 28.4. The largest absolute Gasteiger partial charge is 0.406 e. The van der Waals surface area contributed by atoms with Gasteiger partial charge in [0.1, 0.15) is 9.75 Å². The quantitative estimate of drug-likeness (QED) is 0.268. The molecule has 0 aliphatic heterocycles. The van der Waals surface area contributed by atoms with E-state index < -0.39 is 34.2 Å². The van der Waals surface area contributed by atoms with Gasteiger partial charge in [-0.15, -0.1) is 10.2 Å². The van der Waals surface area contributed by atoms with Crippen molar-refractivity contribution in [1.82, 2.24) is 10.2 Å². The van der Waals surface area contributed by atoms with Crippen molar-refractivity contribution in [2.24, 2.45) is 5.92 Å². The number of nitrogens with zero attached hydrogens (tertiary/aromatic N) is 2. The molecular formula is C31H45N3O4S2Si. The Kier molecular flexibility index (Phi) is 10.1. The predicted octanol–water partition coefficient (Wildman–Crippen LogP) is 5.57. The lowest BCUT2D eigenvalue weighted by Gasteiger charge is -2.44. The van der Waals surface area contributed by atoms with E-state index in [-0.39, 0.29) is 21.8 Å². The van der Waals surface area contributed by atoms with Crippen LogP contribution in [0.4, 0.5) is 5.13 Å². The number of benzene rings is 2. The van der Waals surface area contributed by atoms with Gasteiger partial charge in [0.15, 0.2) is 9.84 Å². The minimum Gasteiger partial charge on any atom is -0.406 e. The molecule has 10 heteroatoms. The number of nitrogens with one attached hydrogen (secondary N) is 1. The molecule has 0 aliphatic rings. The minimum atomic E-state index is -3.66. The van der Waals surface area contributed by atoms with Crippen molar-refractivity contribution in [1.29, 1.82) is 0 Å². The van der Waals surface area contributed by atoms with Crippen LogP contribution < -0.4 is 15.7 Å². The number of carbonyl (C=O) groups excluding carboxylic acids is 1. The summed E-state index contributed by atoms with van der Waals surface area (Å²) in [5, 5.41) is 14.5. The molecule has 3 aromatic rings. The minimum absolute atomic E-state index is 0.0426. The Balaban J connectivity index is 1.87. The molecule has 0 aliphatic carbocycles. The van der Waals surface area contributed by atoms with Crippen LogP contribution in [0.2, 0.25) is 5.04 Å².